The zero-order valence-electron chi connectivity index (χ0n) is 15.3. The minimum absolute atomic E-state index is 0.0297. The van der Waals surface area contributed by atoms with Crippen LogP contribution in [0.1, 0.15) is 5.56 Å². The summed E-state index contributed by atoms with van der Waals surface area (Å²) in [6.45, 7) is 5.06. The van der Waals surface area contributed by atoms with Crippen molar-refractivity contribution in [2.24, 2.45) is 0 Å². The fourth-order valence-electron chi connectivity index (χ4n) is 3.63. The van der Waals surface area contributed by atoms with Crippen molar-refractivity contribution in [3.63, 3.8) is 0 Å². The zero-order chi connectivity index (χ0) is 18.8. The van der Waals surface area contributed by atoms with E-state index in [2.05, 4.69) is 28.9 Å². The highest BCUT2D eigenvalue weighted by atomic mass is 16.2. The third-order valence-electron chi connectivity index (χ3n) is 5.13. The van der Waals surface area contributed by atoms with E-state index in [4.69, 9.17) is 0 Å². The molecule has 1 amide bonds. The van der Waals surface area contributed by atoms with Crippen molar-refractivity contribution >= 4 is 22.6 Å². The summed E-state index contributed by atoms with van der Waals surface area (Å²) in [5.41, 5.74) is 3.62. The number of benzene rings is 2. The highest BCUT2D eigenvalue weighted by Gasteiger charge is 2.22. The molecule has 0 atom stereocenters. The molecular formula is C21H22N4O2. The second-order valence-electron chi connectivity index (χ2n) is 6.83. The van der Waals surface area contributed by atoms with Crippen molar-refractivity contribution < 1.29 is 4.79 Å². The van der Waals surface area contributed by atoms with Gasteiger partial charge in [-0.1, -0.05) is 30.3 Å². The average Bonchev–Trinajstić information content (AvgIpc) is 2.70. The number of carbonyl (C=O) groups is 1. The Morgan fingerprint density at radius 1 is 1.00 bits per heavy atom. The van der Waals surface area contributed by atoms with Gasteiger partial charge in [0.05, 0.1) is 17.2 Å². The minimum Gasteiger partial charge on any atom is -0.368 e. The van der Waals surface area contributed by atoms with Crippen LogP contribution in [0.15, 0.2) is 59.5 Å². The van der Waals surface area contributed by atoms with E-state index in [1.165, 1.54) is 22.0 Å². The van der Waals surface area contributed by atoms with Gasteiger partial charge in [-0.3, -0.25) is 14.2 Å². The normalized spacial score (nSPS) is 14.6. The number of carbonyl (C=O) groups excluding carboxylic acids is 1. The Morgan fingerprint density at radius 3 is 2.48 bits per heavy atom. The molecule has 4 rings (SSSR count). The summed E-state index contributed by atoms with van der Waals surface area (Å²) in [4.78, 5) is 33.4. The van der Waals surface area contributed by atoms with Crippen LogP contribution in [0.25, 0.3) is 11.0 Å². The van der Waals surface area contributed by atoms with Crippen molar-refractivity contribution in [3.05, 3.63) is 70.6 Å². The largest absolute Gasteiger partial charge is 0.368 e. The summed E-state index contributed by atoms with van der Waals surface area (Å²) in [5.74, 6) is -0.0297. The number of amides is 1. The predicted octanol–water partition coefficient (Wildman–Crippen LogP) is 2.05. The minimum atomic E-state index is -0.249. The summed E-state index contributed by atoms with van der Waals surface area (Å²) >= 11 is 0. The molecule has 2 heterocycles. The lowest BCUT2D eigenvalue weighted by atomic mass is 10.1. The first kappa shape index (κ1) is 17.3. The summed E-state index contributed by atoms with van der Waals surface area (Å²) in [5, 5.41) is 0. The van der Waals surface area contributed by atoms with Gasteiger partial charge in [0, 0.05) is 31.9 Å². The Hall–Kier alpha value is -3.15. The third kappa shape index (κ3) is 3.43. The van der Waals surface area contributed by atoms with Crippen molar-refractivity contribution in [1.82, 2.24) is 14.5 Å². The van der Waals surface area contributed by atoms with E-state index in [1.807, 2.05) is 41.3 Å². The maximum Gasteiger partial charge on any atom is 0.269 e. The maximum absolute atomic E-state index is 12.8. The van der Waals surface area contributed by atoms with Gasteiger partial charge in [0.15, 0.2) is 0 Å². The van der Waals surface area contributed by atoms with Crippen LogP contribution in [0.5, 0.6) is 0 Å². The third-order valence-corrected chi connectivity index (χ3v) is 5.13. The molecule has 0 radical (unpaired) electrons. The fourth-order valence-corrected chi connectivity index (χ4v) is 3.63. The second kappa shape index (κ2) is 7.23. The van der Waals surface area contributed by atoms with Crippen LogP contribution < -0.4 is 10.5 Å². The summed E-state index contributed by atoms with van der Waals surface area (Å²) in [6, 6.07) is 15.7. The first-order chi connectivity index (χ1) is 13.1. The standard InChI is InChI=1S/C21H22N4O2/c1-16-6-2-4-8-18(16)23-10-12-24(13-11-23)21(27)15-25-19-9-5-3-7-17(19)22-14-20(25)26/h2-9,14H,10-13,15H2,1H3. The van der Waals surface area contributed by atoms with E-state index in [-0.39, 0.29) is 18.0 Å². The van der Waals surface area contributed by atoms with Crippen LogP contribution in [0.4, 0.5) is 5.69 Å². The zero-order valence-corrected chi connectivity index (χ0v) is 15.3. The van der Waals surface area contributed by atoms with E-state index >= 15 is 0 Å². The van der Waals surface area contributed by atoms with E-state index in [1.54, 1.807) is 0 Å². The van der Waals surface area contributed by atoms with Gasteiger partial charge in [0.1, 0.15) is 6.54 Å². The maximum atomic E-state index is 12.8. The molecule has 0 saturated carbocycles. The highest BCUT2D eigenvalue weighted by molar-refractivity contribution is 5.80. The number of aromatic nitrogens is 2. The molecule has 1 aliphatic heterocycles. The monoisotopic (exact) mass is 362 g/mol. The van der Waals surface area contributed by atoms with Crippen LogP contribution >= 0.6 is 0 Å². The summed E-state index contributed by atoms with van der Waals surface area (Å²) in [6.07, 6.45) is 1.28. The van der Waals surface area contributed by atoms with E-state index in [9.17, 15) is 9.59 Å². The molecule has 2 aromatic carbocycles. The number of piperazine rings is 1. The topological polar surface area (TPSA) is 58.4 Å². The summed E-state index contributed by atoms with van der Waals surface area (Å²) < 4.78 is 1.51. The van der Waals surface area contributed by atoms with E-state index in [0.29, 0.717) is 24.1 Å². The second-order valence-corrected chi connectivity index (χ2v) is 6.83. The first-order valence-corrected chi connectivity index (χ1v) is 9.16. The van der Waals surface area contributed by atoms with Crippen LogP contribution in [-0.4, -0.2) is 46.5 Å². The van der Waals surface area contributed by atoms with Gasteiger partial charge in [0.2, 0.25) is 5.91 Å². The lowest BCUT2D eigenvalue weighted by Crippen LogP contribution is -2.50. The number of fused-ring (bicyclic) bond motifs is 1. The molecule has 1 saturated heterocycles. The molecule has 6 nitrogen and oxygen atoms in total. The smallest absolute Gasteiger partial charge is 0.269 e. The SMILES string of the molecule is Cc1ccccc1N1CCN(C(=O)Cn2c(=O)cnc3ccccc32)CC1. The number of nitrogens with zero attached hydrogens (tertiary/aromatic N) is 4. The predicted molar refractivity (Wildman–Crippen MR) is 106 cm³/mol. The molecule has 27 heavy (non-hydrogen) atoms. The van der Waals surface area contributed by atoms with Crippen molar-refractivity contribution in [3.8, 4) is 0 Å². The molecule has 1 fully saturated rings. The Labute approximate surface area is 157 Å². The van der Waals surface area contributed by atoms with Crippen molar-refractivity contribution in [2.75, 3.05) is 31.1 Å². The number of rotatable bonds is 3. The molecule has 1 aromatic heterocycles. The fraction of sp³-hybridized carbons (Fsp3) is 0.286. The Kier molecular flexibility index (Phi) is 4.62. The Bertz CT molecular complexity index is 1040. The van der Waals surface area contributed by atoms with Crippen LogP contribution in [0.3, 0.4) is 0 Å². The number of hydrogen-bond donors (Lipinski definition) is 0. The lowest BCUT2D eigenvalue weighted by Gasteiger charge is -2.37. The van der Waals surface area contributed by atoms with Crippen LogP contribution in [0.2, 0.25) is 0 Å². The lowest BCUT2D eigenvalue weighted by molar-refractivity contribution is -0.132. The van der Waals surface area contributed by atoms with Crippen LogP contribution in [-0.2, 0) is 11.3 Å². The highest BCUT2D eigenvalue weighted by Crippen LogP contribution is 2.21. The van der Waals surface area contributed by atoms with Gasteiger partial charge in [-0.2, -0.15) is 0 Å². The number of aryl methyl sites for hydroxylation is 1. The van der Waals surface area contributed by atoms with Gasteiger partial charge in [-0.15, -0.1) is 0 Å². The van der Waals surface area contributed by atoms with E-state index in [0.717, 1.165) is 13.1 Å². The van der Waals surface area contributed by atoms with Gasteiger partial charge < -0.3 is 9.80 Å². The Morgan fingerprint density at radius 2 is 1.70 bits per heavy atom. The van der Waals surface area contributed by atoms with Gasteiger partial charge >= 0.3 is 0 Å². The molecule has 6 heteroatoms. The van der Waals surface area contributed by atoms with Crippen molar-refractivity contribution in [1.29, 1.82) is 0 Å². The number of para-hydroxylation sites is 3. The Balaban J connectivity index is 1.47. The molecule has 0 spiro atoms. The molecule has 0 N–H and O–H groups in total. The van der Waals surface area contributed by atoms with Gasteiger partial charge in [0.25, 0.3) is 5.56 Å². The molecule has 0 unspecified atom stereocenters. The number of hydrogen-bond acceptors (Lipinski definition) is 4. The molecule has 0 aliphatic carbocycles. The molecule has 138 valence electrons. The molecule has 1 aliphatic rings. The van der Waals surface area contributed by atoms with Gasteiger partial charge in [-0.05, 0) is 30.7 Å². The molecular weight excluding hydrogens is 340 g/mol. The molecule has 0 bridgehead atoms. The van der Waals surface area contributed by atoms with Gasteiger partial charge in [-0.25, -0.2) is 4.98 Å². The van der Waals surface area contributed by atoms with Crippen molar-refractivity contribution in [2.45, 2.75) is 13.5 Å². The molecule has 3 aromatic rings. The quantitative estimate of drug-likeness (QED) is 0.716. The summed E-state index contributed by atoms with van der Waals surface area (Å²) in [7, 11) is 0. The first-order valence-electron chi connectivity index (χ1n) is 9.16. The number of anilines is 1. The average molecular weight is 362 g/mol. The van der Waals surface area contributed by atoms with E-state index < -0.39 is 0 Å². The van der Waals surface area contributed by atoms with Crippen LogP contribution in [0, 0.1) is 6.92 Å².